The number of aromatic nitrogens is 1. The molecule has 2 aromatic rings. The van der Waals surface area contributed by atoms with Gasteiger partial charge in [0.2, 0.25) is 0 Å². The summed E-state index contributed by atoms with van der Waals surface area (Å²) in [5.74, 6) is 0.699. The Morgan fingerprint density at radius 2 is 2.24 bits per heavy atom. The number of nitrogens with zero attached hydrogens (tertiary/aromatic N) is 1. The van der Waals surface area contributed by atoms with Gasteiger partial charge in [0.25, 0.3) is 0 Å². The van der Waals surface area contributed by atoms with E-state index < -0.39 is 6.09 Å². The molecule has 0 aliphatic carbocycles. The van der Waals surface area contributed by atoms with Crippen LogP contribution in [-0.4, -0.2) is 35.2 Å². The zero-order chi connectivity index (χ0) is 12.4. The summed E-state index contributed by atoms with van der Waals surface area (Å²) in [6.07, 6.45) is 0.869. The van der Waals surface area contributed by atoms with Crippen LogP contribution in [0.25, 0.3) is 10.9 Å². The molecule has 1 amide bonds. The Morgan fingerprint density at radius 1 is 1.47 bits per heavy atom. The fourth-order valence-electron chi connectivity index (χ4n) is 1.83. The van der Waals surface area contributed by atoms with Crippen LogP contribution in [0.4, 0.5) is 4.79 Å². The average Bonchev–Trinajstić information content (AvgIpc) is 2.77. The lowest BCUT2D eigenvalue weighted by atomic mass is 10.1. The molecule has 0 aliphatic rings. The SMILES string of the molecule is COc1ccc2[nH]ccc2c1CN(C)C(=O)O. The van der Waals surface area contributed by atoms with E-state index >= 15 is 0 Å². The van der Waals surface area contributed by atoms with Gasteiger partial charge in [-0.1, -0.05) is 0 Å². The number of H-pyrrole nitrogens is 1. The van der Waals surface area contributed by atoms with E-state index in [1.54, 1.807) is 7.11 Å². The molecule has 17 heavy (non-hydrogen) atoms. The van der Waals surface area contributed by atoms with Crippen molar-refractivity contribution < 1.29 is 14.6 Å². The lowest BCUT2D eigenvalue weighted by Gasteiger charge is -2.16. The number of amides is 1. The van der Waals surface area contributed by atoms with Gasteiger partial charge in [0.05, 0.1) is 13.7 Å². The zero-order valence-electron chi connectivity index (χ0n) is 9.73. The first-order valence-electron chi connectivity index (χ1n) is 5.20. The first-order valence-corrected chi connectivity index (χ1v) is 5.20. The summed E-state index contributed by atoms with van der Waals surface area (Å²) in [7, 11) is 3.12. The van der Waals surface area contributed by atoms with Crippen molar-refractivity contribution in [3.63, 3.8) is 0 Å². The number of carboxylic acid groups (broad SMARTS) is 1. The van der Waals surface area contributed by atoms with Crippen LogP contribution in [0.5, 0.6) is 5.75 Å². The maximum Gasteiger partial charge on any atom is 0.407 e. The lowest BCUT2D eigenvalue weighted by molar-refractivity contribution is 0.153. The van der Waals surface area contributed by atoms with Gasteiger partial charge in [-0.05, 0) is 18.2 Å². The molecule has 0 radical (unpaired) electrons. The molecule has 1 heterocycles. The molecule has 5 nitrogen and oxygen atoms in total. The van der Waals surface area contributed by atoms with Gasteiger partial charge in [0, 0.05) is 29.7 Å². The third-order valence-corrected chi connectivity index (χ3v) is 2.74. The van der Waals surface area contributed by atoms with E-state index in [-0.39, 0.29) is 0 Å². The second kappa shape index (κ2) is 4.37. The van der Waals surface area contributed by atoms with Gasteiger partial charge < -0.3 is 19.7 Å². The lowest BCUT2D eigenvalue weighted by Crippen LogP contribution is -2.24. The fraction of sp³-hybridized carbons (Fsp3) is 0.250. The van der Waals surface area contributed by atoms with Crippen LogP contribution in [0.2, 0.25) is 0 Å². The quantitative estimate of drug-likeness (QED) is 0.856. The summed E-state index contributed by atoms with van der Waals surface area (Å²) in [4.78, 5) is 15.2. The number of hydrogen-bond donors (Lipinski definition) is 2. The molecule has 0 saturated heterocycles. The number of ether oxygens (including phenoxy) is 1. The number of nitrogens with one attached hydrogen (secondary N) is 1. The van der Waals surface area contributed by atoms with Crippen LogP contribution in [0.15, 0.2) is 24.4 Å². The molecule has 0 unspecified atom stereocenters. The second-order valence-electron chi connectivity index (χ2n) is 3.82. The van der Waals surface area contributed by atoms with E-state index in [1.807, 2.05) is 24.4 Å². The zero-order valence-corrected chi connectivity index (χ0v) is 9.73. The predicted octanol–water partition coefficient (Wildman–Crippen LogP) is 2.29. The van der Waals surface area contributed by atoms with Crippen molar-refractivity contribution in [2.24, 2.45) is 0 Å². The van der Waals surface area contributed by atoms with Crippen LogP contribution in [0.1, 0.15) is 5.56 Å². The van der Waals surface area contributed by atoms with Gasteiger partial charge in [0.15, 0.2) is 0 Å². The molecule has 0 fully saturated rings. The maximum atomic E-state index is 10.9. The number of rotatable bonds is 3. The van der Waals surface area contributed by atoms with Crippen molar-refractivity contribution in [3.8, 4) is 5.75 Å². The highest BCUT2D eigenvalue weighted by molar-refractivity contribution is 5.85. The van der Waals surface area contributed by atoms with E-state index in [1.165, 1.54) is 11.9 Å². The predicted molar refractivity (Wildman–Crippen MR) is 64.3 cm³/mol. The van der Waals surface area contributed by atoms with E-state index in [4.69, 9.17) is 9.84 Å². The fourth-order valence-corrected chi connectivity index (χ4v) is 1.83. The summed E-state index contributed by atoms with van der Waals surface area (Å²) in [6.45, 7) is 0.299. The summed E-state index contributed by atoms with van der Waals surface area (Å²) >= 11 is 0. The molecule has 5 heteroatoms. The number of carbonyl (C=O) groups is 1. The molecular weight excluding hydrogens is 220 g/mol. The van der Waals surface area contributed by atoms with Crippen molar-refractivity contribution >= 4 is 17.0 Å². The number of methoxy groups -OCH3 is 1. The Balaban J connectivity index is 2.48. The molecule has 0 saturated carbocycles. The van der Waals surface area contributed by atoms with Crippen molar-refractivity contribution in [2.75, 3.05) is 14.2 Å². The Bertz CT molecular complexity index is 548. The van der Waals surface area contributed by atoms with Gasteiger partial charge in [-0.15, -0.1) is 0 Å². The highest BCUT2D eigenvalue weighted by Crippen LogP contribution is 2.28. The maximum absolute atomic E-state index is 10.9. The average molecular weight is 234 g/mol. The van der Waals surface area contributed by atoms with E-state index in [0.717, 1.165) is 16.5 Å². The van der Waals surface area contributed by atoms with Crippen LogP contribution < -0.4 is 4.74 Å². The highest BCUT2D eigenvalue weighted by atomic mass is 16.5. The van der Waals surface area contributed by atoms with Gasteiger partial charge in [-0.3, -0.25) is 0 Å². The van der Waals surface area contributed by atoms with Crippen molar-refractivity contribution in [1.29, 1.82) is 0 Å². The molecule has 2 rings (SSSR count). The highest BCUT2D eigenvalue weighted by Gasteiger charge is 2.13. The minimum atomic E-state index is -0.959. The minimum Gasteiger partial charge on any atom is -0.496 e. The van der Waals surface area contributed by atoms with Crippen LogP contribution in [0, 0.1) is 0 Å². The van der Waals surface area contributed by atoms with Crippen LogP contribution in [0.3, 0.4) is 0 Å². The first kappa shape index (κ1) is 11.3. The van der Waals surface area contributed by atoms with Crippen LogP contribution in [-0.2, 0) is 6.54 Å². The van der Waals surface area contributed by atoms with Gasteiger partial charge in [-0.2, -0.15) is 0 Å². The van der Waals surface area contributed by atoms with Crippen molar-refractivity contribution in [3.05, 3.63) is 30.0 Å². The smallest absolute Gasteiger partial charge is 0.407 e. The summed E-state index contributed by atoms with van der Waals surface area (Å²) in [5, 5.41) is 9.89. The Kier molecular flexibility index (Phi) is 2.91. The third kappa shape index (κ3) is 2.04. The van der Waals surface area contributed by atoms with Gasteiger partial charge >= 0.3 is 6.09 Å². The van der Waals surface area contributed by atoms with Crippen LogP contribution >= 0.6 is 0 Å². The Labute approximate surface area is 98.6 Å². The molecule has 2 N–H and O–H groups in total. The number of fused-ring (bicyclic) bond motifs is 1. The van der Waals surface area contributed by atoms with Gasteiger partial charge in [0.1, 0.15) is 5.75 Å². The first-order chi connectivity index (χ1) is 8.13. The van der Waals surface area contributed by atoms with E-state index in [9.17, 15) is 4.79 Å². The minimum absolute atomic E-state index is 0.299. The largest absolute Gasteiger partial charge is 0.496 e. The Hall–Kier alpha value is -2.17. The van der Waals surface area contributed by atoms with Gasteiger partial charge in [-0.25, -0.2) is 4.79 Å². The number of hydrogen-bond acceptors (Lipinski definition) is 2. The topological polar surface area (TPSA) is 65.6 Å². The standard InChI is InChI=1S/C12H14N2O3/c1-14(12(15)16)7-9-8-5-6-13-10(8)3-4-11(9)17-2/h3-6,13H,7H2,1-2H3,(H,15,16). The molecule has 90 valence electrons. The van der Waals surface area contributed by atoms with Crippen molar-refractivity contribution in [2.45, 2.75) is 6.54 Å². The molecule has 1 aromatic carbocycles. The monoisotopic (exact) mass is 234 g/mol. The van der Waals surface area contributed by atoms with E-state index in [2.05, 4.69) is 4.98 Å². The molecule has 0 bridgehead atoms. The van der Waals surface area contributed by atoms with Crippen molar-refractivity contribution in [1.82, 2.24) is 9.88 Å². The molecule has 0 atom stereocenters. The molecular formula is C12H14N2O3. The Morgan fingerprint density at radius 3 is 2.88 bits per heavy atom. The number of aromatic amines is 1. The van der Waals surface area contributed by atoms with E-state index in [0.29, 0.717) is 12.3 Å². The summed E-state index contributed by atoms with van der Waals surface area (Å²) in [5.41, 5.74) is 1.84. The normalized spacial score (nSPS) is 10.5. The third-order valence-electron chi connectivity index (χ3n) is 2.74. The molecule has 0 spiro atoms. The molecule has 0 aliphatic heterocycles. The summed E-state index contributed by atoms with van der Waals surface area (Å²) in [6, 6.07) is 5.67. The molecule has 1 aromatic heterocycles. The summed E-state index contributed by atoms with van der Waals surface area (Å²) < 4.78 is 5.27. The second-order valence-corrected chi connectivity index (χ2v) is 3.82. The number of benzene rings is 1.